The molecule has 0 fully saturated rings. The van der Waals surface area contributed by atoms with Gasteiger partial charge in [-0.1, -0.05) is 25.4 Å². The molecule has 6 heteroatoms. The van der Waals surface area contributed by atoms with Crippen LogP contribution in [-0.2, 0) is 4.79 Å². The van der Waals surface area contributed by atoms with Crippen molar-refractivity contribution in [2.45, 2.75) is 32.2 Å². The lowest BCUT2D eigenvalue weighted by Gasteiger charge is -2.29. The van der Waals surface area contributed by atoms with Crippen molar-refractivity contribution < 1.29 is 9.59 Å². The Bertz CT molecular complexity index is 501. The van der Waals surface area contributed by atoms with E-state index in [1.807, 2.05) is 13.8 Å². The maximum Gasteiger partial charge on any atom is 0.253 e. The van der Waals surface area contributed by atoms with Gasteiger partial charge in [-0.25, -0.2) is 0 Å². The molecule has 1 aromatic carbocycles. The Balaban J connectivity index is 3.07. The third-order valence-electron chi connectivity index (χ3n) is 3.20. The molecule has 1 rings (SSSR count). The molecule has 0 spiro atoms. The second-order valence-corrected chi connectivity index (χ2v) is 5.52. The van der Waals surface area contributed by atoms with Crippen LogP contribution in [0, 0.1) is 0 Å². The highest BCUT2D eigenvalue weighted by Crippen LogP contribution is 2.23. The summed E-state index contributed by atoms with van der Waals surface area (Å²) in [7, 11) is 0. The second-order valence-electron chi connectivity index (χ2n) is 4.23. The molecule has 0 aliphatic rings. The van der Waals surface area contributed by atoms with E-state index in [1.54, 1.807) is 12.1 Å². The first-order chi connectivity index (χ1) is 8.86. The van der Waals surface area contributed by atoms with E-state index in [1.165, 1.54) is 6.07 Å². The zero-order chi connectivity index (χ0) is 14.6. The molecule has 4 nitrogen and oxygen atoms in total. The molecular weight excluding hydrogens is 332 g/mol. The third kappa shape index (κ3) is 3.48. The monoisotopic (exact) mass is 346 g/mol. The van der Waals surface area contributed by atoms with Crippen LogP contribution in [0.25, 0.3) is 0 Å². The Morgan fingerprint density at radius 2 is 1.95 bits per heavy atom. The molecule has 0 aliphatic heterocycles. The number of hydrogen-bond acceptors (Lipinski definition) is 2. The van der Waals surface area contributed by atoms with Crippen LogP contribution in [0.15, 0.2) is 22.7 Å². The van der Waals surface area contributed by atoms with Gasteiger partial charge in [0.15, 0.2) is 0 Å². The molecule has 0 heterocycles. The van der Waals surface area contributed by atoms with Crippen molar-refractivity contribution >= 4 is 39.3 Å². The van der Waals surface area contributed by atoms with Crippen LogP contribution in [0.1, 0.15) is 37.0 Å². The highest BCUT2D eigenvalue weighted by atomic mass is 79.9. The fourth-order valence-corrected chi connectivity index (χ4v) is 2.39. The van der Waals surface area contributed by atoms with Crippen molar-refractivity contribution in [3.63, 3.8) is 0 Å². The van der Waals surface area contributed by atoms with Crippen LogP contribution < -0.4 is 11.1 Å². The van der Waals surface area contributed by atoms with Crippen LogP contribution in [0.4, 0.5) is 0 Å². The molecule has 3 N–H and O–H groups in total. The SMILES string of the molecule is CCC(CC)(NC(=O)c1cc(Cl)ccc1Br)C(N)=O. The first kappa shape index (κ1) is 16.0. The van der Waals surface area contributed by atoms with E-state index in [0.717, 1.165) is 0 Å². The number of hydrogen-bond donors (Lipinski definition) is 2. The van der Waals surface area contributed by atoms with E-state index in [2.05, 4.69) is 21.2 Å². The lowest BCUT2D eigenvalue weighted by atomic mass is 9.91. The van der Waals surface area contributed by atoms with Gasteiger partial charge in [0, 0.05) is 9.50 Å². The summed E-state index contributed by atoms with van der Waals surface area (Å²) in [6.45, 7) is 3.61. The van der Waals surface area contributed by atoms with Crippen LogP contribution in [-0.4, -0.2) is 17.4 Å². The summed E-state index contributed by atoms with van der Waals surface area (Å²) in [6.07, 6.45) is 0.867. The minimum Gasteiger partial charge on any atom is -0.368 e. The third-order valence-corrected chi connectivity index (χ3v) is 4.13. The van der Waals surface area contributed by atoms with Crippen LogP contribution in [0.5, 0.6) is 0 Å². The van der Waals surface area contributed by atoms with Gasteiger partial charge in [-0.05, 0) is 47.0 Å². The second kappa shape index (κ2) is 6.39. The van der Waals surface area contributed by atoms with Crippen LogP contribution in [0.3, 0.4) is 0 Å². The average molecular weight is 348 g/mol. The number of primary amides is 1. The van der Waals surface area contributed by atoms with Gasteiger partial charge in [-0.15, -0.1) is 0 Å². The lowest BCUT2D eigenvalue weighted by Crippen LogP contribution is -2.56. The number of rotatable bonds is 5. The lowest BCUT2D eigenvalue weighted by molar-refractivity contribution is -0.124. The Morgan fingerprint density at radius 3 is 2.42 bits per heavy atom. The standard InChI is InChI=1S/C13H16BrClN2O2/c1-3-13(4-2,12(16)19)17-11(18)9-7-8(15)5-6-10(9)14/h5-7H,3-4H2,1-2H3,(H2,16,19)(H,17,18). The molecule has 104 valence electrons. The van der Waals surface area contributed by atoms with Crippen molar-refractivity contribution in [3.8, 4) is 0 Å². The Labute approximate surface area is 125 Å². The predicted octanol–water partition coefficient (Wildman–Crippen LogP) is 2.88. The molecule has 0 unspecified atom stereocenters. The number of nitrogens with two attached hydrogens (primary N) is 1. The van der Waals surface area contributed by atoms with Gasteiger partial charge in [0.05, 0.1) is 5.56 Å². The van der Waals surface area contributed by atoms with E-state index in [-0.39, 0.29) is 5.91 Å². The fourth-order valence-electron chi connectivity index (χ4n) is 1.79. The molecule has 0 aliphatic carbocycles. The summed E-state index contributed by atoms with van der Waals surface area (Å²) in [4.78, 5) is 23.8. The topological polar surface area (TPSA) is 72.2 Å². The van der Waals surface area contributed by atoms with Crippen molar-refractivity contribution in [3.05, 3.63) is 33.3 Å². The molecule has 0 saturated carbocycles. The average Bonchev–Trinajstić information content (AvgIpc) is 2.38. The molecule has 0 atom stereocenters. The molecule has 1 aromatic rings. The van der Waals surface area contributed by atoms with Gasteiger partial charge in [0.2, 0.25) is 5.91 Å². The van der Waals surface area contributed by atoms with Crippen LogP contribution >= 0.6 is 27.5 Å². The van der Waals surface area contributed by atoms with Crippen LogP contribution in [0.2, 0.25) is 5.02 Å². The van der Waals surface area contributed by atoms with Gasteiger partial charge in [-0.3, -0.25) is 9.59 Å². The summed E-state index contributed by atoms with van der Waals surface area (Å²) in [5.74, 6) is -0.916. The molecule has 2 amide bonds. The molecular formula is C13H16BrClN2O2. The van der Waals surface area contributed by atoms with E-state index in [4.69, 9.17) is 17.3 Å². The fraction of sp³-hybridized carbons (Fsp3) is 0.385. The van der Waals surface area contributed by atoms with Gasteiger partial charge in [0.1, 0.15) is 5.54 Å². The summed E-state index contributed by atoms with van der Waals surface area (Å²) in [6, 6.07) is 4.89. The van der Waals surface area contributed by atoms with E-state index >= 15 is 0 Å². The van der Waals surface area contributed by atoms with Crippen molar-refractivity contribution in [2.24, 2.45) is 5.73 Å². The van der Waals surface area contributed by atoms with Gasteiger partial charge < -0.3 is 11.1 Å². The molecule has 19 heavy (non-hydrogen) atoms. The number of halogens is 2. The first-order valence-corrected chi connectivity index (χ1v) is 7.11. The molecule has 0 radical (unpaired) electrons. The zero-order valence-electron chi connectivity index (χ0n) is 10.8. The number of carbonyl (C=O) groups is 2. The largest absolute Gasteiger partial charge is 0.368 e. The molecule has 0 saturated heterocycles. The van der Waals surface area contributed by atoms with Crippen molar-refractivity contribution in [1.82, 2.24) is 5.32 Å². The van der Waals surface area contributed by atoms with E-state index in [0.29, 0.717) is 27.9 Å². The quantitative estimate of drug-likeness (QED) is 0.859. The number of carbonyl (C=O) groups excluding carboxylic acids is 2. The van der Waals surface area contributed by atoms with Crippen molar-refractivity contribution in [2.75, 3.05) is 0 Å². The Hall–Kier alpha value is -1.07. The maximum absolute atomic E-state index is 12.2. The summed E-state index contributed by atoms with van der Waals surface area (Å²) in [5, 5.41) is 3.16. The first-order valence-electron chi connectivity index (χ1n) is 5.93. The van der Waals surface area contributed by atoms with Gasteiger partial charge >= 0.3 is 0 Å². The Kier molecular flexibility index (Phi) is 5.38. The number of nitrogens with one attached hydrogen (secondary N) is 1. The number of benzene rings is 1. The minimum absolute atomic E-state index is 0.375. The highest BCUT2D eigenvalue weighted by Gasteiger charge is 2.35. The summed E-state index contributed by atoms with van der Waals surface area (Å²) in [5.41, 5.74) is 4.74. The maximum atomic E-state index is 12.2. The predicted molar refractivity (Wildman–Crippen MR) is 79.1 cm³/mol. The summed E-state index contributed by atoms with van der Waals surface area (Å²) >= 11 is 9.15. The Morgan fingerprint density at radius 1 is 1.37 bits per heavy atom. The van der Waals surface area contributed by atoms with E-state index in [9.17, 15) is 9.59 Å². The molecule has 0 bridgehead atoms. The normalized spacial score (nSPS) is 11.2. The van der Waals surface area contributed by atoms with Gasteiger partial charge in [0.25, 0.3) is 5.91 Å². The highest BCUT2D eigenvalue weighted by molar-refractivity contribution is 9.10. The van der Waals surface area contributed by atoms with E-state index < -0.39 is 11.4 Å². The zero-order valence-corrected chi connectivity index (χ0v) is 13.1. The minimum atomic E-state index is -1.03. The van der Waals surface area contributed by atoms with Gasteiger partial charge in [-0.2, -0.15) is 0 Å². The smallest absolute Gasteiger partial charge is 0.253 e. The number of amides is 2. The molecule has 0 aromatic heterocycles. The van der Waals surface area contributed by atoms with Crippen molar-refractivity contribution in [1.29, 1.82) is 0 Å². The summed E-state index contributed by atoms with van der Waals surface area (Å²) < 4.78 is 0.611.